The lowest BCUT2D eigenvalue weighted by Crippen LogP contribution is -2.27. The summed E-state index contributed by atoms with van der Waals surface area (Å²) in [7, 11) is 2.03. The van der Waals surface area contributed by atoms with Gasteiger partial charge in [-0.25, -0.2) is 0 Å². The summed E-state index contributed by atoms with van der Waals surface area (Å²) in [5.74, 6) is 1.02. The summed E-state index contributed by atoms with van der Waals surface area (Å²) in [6.45, 7) is 3.68. The fraction of sp³-hybridized carbons (Fsp3) is 1.00. The predicted octanol–water partition coefficient (Wildman–Crippen LogP) is 1.38. The van der Waals surface area contributed by atoms with Crippen LogP contribution < -0.4 is 10.6 Å². The van der Waals surface area contributed by atoms with Crippen LogP contribution in [0.4, 0.5) is 0 Å². The summed E-state index contributed by atoms with van der Waals surface area (Å²) < 4.78 is 0. The molecule has 0 aromatic carbocycles. The summed E-state index contributed by atoms with van der Waals surface area (Å²) in [6.07, 6.45) is 7.01. The van der Waals surface area contributed by atoms with Crippen molar-refractivity contribution >= 4 is 0 Å². The van der Waals surface area contributed by atoms with Gasteiger partial charge in [-0.2, -0.15) is 0 Å². The number of nitrogens with one attached hydrogen (secondary N) is 2. The molecule has 2 nitrogen and oxygen atoms in total. The van der Waals surface area contributed by atoms with E-state index in [2.05, 4.69) is 10.6 Å². The molecule has 0 amide bonds. The minimum Gasteiger partial charge on any atom is -0.320 e. The Morgan fingerprint density at radius 3 is 2.67 bits per heavy atom. The molecule has 1 rings (SSSR count). The number of piperidine rings is 1. The first-order valence-corrected chi connectivity index (χ1v) is 5.29. The first kappa shape index (κ1) is 10.0. The van der Waals surface area contributed by atoms with E-state index >= 15 is 0 Å². The third-order valence-electron chi connectivity index (χ3n) is 2.75. The van der Waals surface area contributed by atoms with Gasteiger partial charge in [-0.3, -0.25) is 0 Å². The van der Waals surface area contributed by atoms with Gasteiger partial charge in [0.25, 0.3) is 0 Å². The first-order chi connectivity index (χ1) is 5.93. The van der Waals surface area contributed by atoms with Gasteiger partial charge in [0.05, 0.1) is 0 Å². The molecule has 0 saturated carbocycles. The molecule has 1 aliphatic rings. The molecule has 72 valence electrons. The Kier molecular flexibility index (Phi) is 5.37. The molecule has 2 heteroatoms. The quantitative estimate of drug-likeness (QED) is 0.609. The van der Waals surface area contributed by atoms with Crippen molar-refractivity contribution in [2.24, 2.45) is 5.92 Å². The van der Waals surface area contributed by atoms with Gasteiger partial charge in [-0.15, -0.1) is 0 Å². The molecule has 1 aliphatic heterocycles. The van der Waals surface area contributed by atoms with Gasteiger partial charge in [-0.05, 0) is 51.9 Å². The van der Waals surface area contributed by atoms with Crippen molar-refractivity contribution in [3.8, 4) is 0 Å². The molecule has 0 spiro atoms. The molecule has 0 aromatic rings. The van der Waals surface area contributed by atoms with Gasteiger partial charge >= 0.3 is 0 Å². The van der Waals surface area contributed by atoms with Crippen LogP contribution in [0.2, 0.25) is 0 Å². The third-order valence-corrected chi connectivity index (χ3v) is 2.75. The van der Waals surface area contributed by atoms with Gasteiger partial charge in [0.1, 0.15) is 0 Å². The van der Waals surface area contributed by atoms with Crippen molar-refractivity contribution in [2.45, 2.75) is 32.1 Å². The molecular formula is C10H22N2. The Morgan fingerprint density at radius 2 is 2.00 bits per heavy atom. The highest BCUT2D eigenvalue weighted by molar-refractivity contribution is 4.68. The maximum atomic E-state index is 3.40. The predicted molar refractivity (Wildman–Crippen MR) is 53.4 cm³/mol. The van der Waals surface area contributed by atoms with Crippen LogP contribution in [0.25, 0.3) is 0 Å². The maximum absolute atomic E-state index is 3.40. The molecule has 0 atom stereocenters. The Balaban J connectivity index is 1.91. The van der Waals surface area contributed by atoms with E-state index in [4.69, 9.17) is 0 Å². The van der Waals surface area contributed by atoms with Crippen molar-refractivity contribution in [2.75, 3.05) is 26.7 Å². The zero-order chi connectivity index (χ0) is 8.65. The number of unbranched alkanes of at least 4 members (excludes halogenated alkanes) is 1. The second-order valence-corrected chi connectivity index (χ2v) is 3.79. The SMILES string of the molecule is CNCCCCC1CCNCC1. The minimum absolute atomic E-state index is 1.02. The van der Waals surface area contributed by atoms with Crippen LogP contribution in [0.3, 0.4) is 0 Å². The lowest BCUT2D eigenvalue weighted by Gasteiger charge is -2.22. The van der Waals surface area contributed by atoms with Crippen molar-refractivity contribution in [3.63, 3.8) is 0 Å². The van der Waals surface area contributed by atoms with E-state index in [1.54, 1.807) is 0 Å². The smallest absolute Gasteiger partial charge is 0.00463 e. The van der Waals surface area contributed by atoms with Crippen LogP contribution >= 0.6 is 0 Å². The van der Waals surface area contributed by atoms with Crippen molar-refractivity contribution in [3.05, 3.63) is 0 Å². The van der Waals surface area contributed by atoms with Crippen molar-refractivity contribution < 1.29 is 0 Å². The minimum atomic E-state index is 1.02. The lowest BCUT2D eigenvalue weighted by atomic mass is 9.92. The van der Waals surface area contributed by atoms with E-state index < -0.39 is 0 Å². The van der Waals surface area contributed by atoms with E-state index in [-0.39, 0.29) is 0 Å². The van der Waals surface area contributed by atoms with E-state index in [1.807, 2.05) is 7.05 Å². The number of rotatable bonds is 5. The molecule has 12 heavy (non-hydrogen) atoms. The van der Waals surface area contributed by atoms with Crippen LogP contribution in [0.1, 0.15) is 32.1 Å². The van der Waals surface area contributed by atoms with Gasteiger partial charge in [-0.1, -0.05) is 12.8 Å². The summed E-state index contributed by atoms with van der Waals surface area (Å²) in [5, 5.41) is 6.60. The maximum Gasteiger partial charge on any atom is -0.00463 e. The van der Waals surface area contributed by atoms with Gasteiger partial charge in [0.2, 0.25) is 0 Å². The molecule has 0 aromatic heterocycles. The van der Waals surface area contributed by atoms with Crippen molar-refractivity contribution in [1.29, 1.82) is 0 Å². The first-order valence-electron chi connectivity index (χ1n) is 5.29. The van der Waals surface area contributed by atoms with E-state index in [0.717, 1.165) is 5.92 Å². The number of hydrogen-bond acceptors (Lipinski definition) is 2. The Labute approximate surface area is 76.1 Å². The fourth-order valence-electron chi connectivity index (χ4n) is 1.91. The van der Waals surface area contributed by atoms with Crippen LogP contribution in [0.15, 0.2) is 0 Å². The van der Waals surface area contributed by atoms with E-state index in [9.17, 15) is 0 Å². The monoisotopic (exact) mass is 170 g/mol. The normalized spacial score (nSPS) is 19.8. The third kappa shape index (κ3) is 4.07. The molecule has 1 heterocycles. The Bertz CT molecular complexity index is 98.0. The van der Waals surface area contributed by atoms with Gasteiger partial charge in [0.15, 0.2) is 0 Å². The molecule has 0 radical (unpaired) electrons. The average Bonchev–Trinajstić information content (AvgIpc) is 2.14. The molecule has 0 aliphatic carbocycles. The topological polar surface area (TPSA) is 24.1 Å². The van der Waals surface area contributed by atoms with Crippen LogP contribution in [0, 0.1) is 5.92 Å². The largest absolute Gasteiger partial charge is 0.320 e. The zero-order valence-corrected chi connectivity index (χ0v) is 8.23. The molecule has 0 unspecified atom stereocenters. The highest BCUT2D eigenvalue weighted by atomic mass is 14.9. The van der Waals surface area contributed by atoms with E-state index in [0.29, 0.717) is 0 Å². The summed E-state index contributed by atoms with van der Waals surface area (Å²) >= 11 is 0. The van der Waals surface area contributed by atoms with Crippen LogP contribution in [0.5, 0.6) is 0 Å². The second-order valence-electron chi connectivity index (χ2n) is 3.79. The molecular weight excluding hydrogens is 148 g/mol. The average molecular weight is 170 g/mol. The zero-order valence-electron chi connectivity index (χ0n) is 8.23. The molecule has 2 N–H and O–H groups in total. The number of hydrogen-bond donors (Lipinski definition) is 2. The Morgan fingerprint density at radius 1 is 1.25 bits per heavy atom. The highest BCUT2D eigenvalue weighted by Gasteiger charge is 2.11. The standard InChI is InChI=1S/C10H22N2/c1-11-7-3-2-4-10-5-8-12-9-6-10/h10-12H,2-9H2,1H3. The molecule has 1 fully saturated rings. The summed E-state index contributed by atoms with van der Waals surface area (Å²) in [6, 6.07) is 0. The van der Waals surface area contributed by atoms with E-state index in [1.165, 1.54) is 51.7 Å². The van der Waals surface area contributed by atoms with Crippen molar-refractivity contribution in [1.82, 2.24) is 10.6 Å². The second kappa shape index (κ2) is 6.44. The highest BCUT2D eigenvalue weighted by Crippen LogP contribution is 2.18. The molecule has 0 bridgehead atoms. The summed E-state index contributed by atoms with van der Waals surface area (Å²) in [5.41, 5.74) is 0. The molecule has 1 saturated heterocycles. The fourth-order valence-corrected chi connectivity index (χ4v) is 1.91. The van der Waals surface area contributed by atoms with Gasteiger partial charge < -0.3 is 10.6 Å². The van der Waals surface area contributed by atoms with Crippen LogP contribution in [-0.4, -0.2) is 26.7 Å². The van der Waals surface area contributed by atoms with Gasteiger partial charge in [0, 0.05) is 0 Å². The lowest BCUT2D eigenvalue weighted by molar-refractivity contribution is 0.343. The van der Waals surface area contributed by atoms with Crippen LogP contribution in [-0.2, 0) is 0 Å². The summed E-state index contributed by atoms with van der Waals surface area (Å²) in [4.78, 5) is 0. The Hall–Kier alpha value is -0.0800.